The van der Waals surface area contributed by atoms with E-state index in [0.29, 0.717) is 11.5 Å². The van der Waals surface area contributed by atoms with Crippen LogP contribution in [-0.4, -0.2) is 12.1 Å². The molecule has 7 heteroatoms. The van der Waals surface area contributed by atoms with Gasteiger partial charge in [0.1, 0.15) is 22.9 Å². The minimum Gasteiger partial charge on any atom is -0.518 e. The van der Waals surface area contributed by atoms with Crippen molar-refractivity contribution < 1.29 is 22.5 Å². The van der Waals surface area contributed by atoms with Gasteiger partial charge >= 0.3 is 7.12 Å². The zero-order valence-corrected chi connectivity index (χ0v) is 9.78. The highest BCUT2D eigenvalue weighted by Crippen LogP contribution is 2.32. The quantitative estimate of drug-likeness (QED) is 0.583. The molecule has 2 aromatic rings. The van der Waals surface area contributed by atoms with Crippen molar-refractivity contribution in [2.24, 2.45) is 0 Å². The molecule has 3 nitrogen and oxygen atoms in total. The minimum atomic E-state index is -1.38. The molecule has 1 aromatic heterocycles. The highest BCUT2D eigenvalue weighted by atomic mass is 19.2. The first-order valence-corrected chi connectivity index (χ1v) is 5.51. The van der Waals surface area contributed by atoms with Gasteiger partial charge in [-0.3, -0.25) is 0 Å². The first kappa shape index (κ1) is 11.9. The number of para-hydroxylation sites is 2. The Balaban J connectivity index is 2.02. The molecule has 0 fully saturated rings. The zero-order valence-electron chi connectivity index (χ0n) is 9.78. The molecule has 1 aromatic carbocycles. The fourth-order valence-corrected chi connectivity index (χ4v) is 1.81. The summed E-state index contributed by atoms with van der Waals surface area (Å²) in [5.41, 5.74) is -0.863. The van der Waals surface area contributed by atoms with Crippen LogP contribution in [0.3, 0.4) is 0 Å². The third kappa shape index (κ3) is 1.81. The zero-order chi connectivity index (χ0) is 13.6. The predicted molar refractivity (Wildman–Crippen MR) is 61.9 cm³/mol. The highest BCUT2D eigenvalue weighted by molar-refractivity contribution is 6.62. The van der Waals surface area contributed by atoms with E-state index in [1.165, 1.54) is 0 Å². The fraction of sp³-hybridized carbons (Fsp3) is 0.0833. The second-order valence-corrected chi connectivity index (χ2v) is 4.06. The van der Waals surface area contributed by atoms with Gasteiger partial charge in [0.15, 0.2) is 5.82 Å². The Morgan fingerprint density at radius 1 is 1.00 bits per heavy atom. The van der Waals surface area contributed by atoms with E-state index in [1.807, 2.05) is 0 Å². The Kier molecular flexibility index (Phi) is 2.62. The molecule has 2 heterocycles. The van der Waals surface area contributed by atoms with Crippen LogP contribution in [0.1, 0.15) is 5.56 Å². The van der Waals surface area contributed by atoms with Gasteiger partial charge < -0.3 is 9.31 Å². The summed E-state index contributed by atoms with van der Waals surface area (Å²) >= 11 is 0. The lowest BCUT2D eigenvalue weighted by Gasteiger charge is -2.08. The van der Waals surface area contributed by atoms with Crippen LogP contribution in [0.2, 0.25) is 0 Å². The Morgan fingerprint density at radius 3 is 2.16 bits per heavy atom. The van der Waals surface area contributed by atoms with Crippen molar-refractivity contribution in [2.75, 3.05) is 0 Å². The van der Waals surface area contributed by atoms with Crippen LogP contribution in [-0.2, 0) is 0 Å². The number of hydrogen-bond donors (Lipinski definition) is 0. The molecule has 0 bridgehead atoms. The number of rotatable bonds is 1. The van der Waals surface area contributed by atoms with Gasteiger partial charge in [0.2, 0.25) is 5.95 Å². The van der Waals surface area contributed by atoms with Crippen molar-refractivity contribution in [1.29, 1.82) is 0 Å². The summed E-state index contributed by atoms with van der Waals surface area (Å²) in [5, 5.41) is 0. The summed E-state index contributed by atoms with van der Waals surface area (Å²) in [7, 11) is -1.22. The largest absolute Gasteiger partial charge is 0.655 e. The molecule has 19 heavy (non-hydrogen) atoms. The summed E-state index contributed by atoms with van der Waals surface area (Å²) in [4.78, 5) is 3.23. The van der Waals surface area contributed by atoms with Gasteiger partial charge in [-0.1, -0.05) is 12.1 Å². The molecule has 0 spiro atoms. The summed E-state index contributed by atoms with van der Waals surface area (Å²) in [5.74, 6) is -2.86. The van der Waals surface area contributed by atoms with E-state index in [4.69, 9.17) is 9.31 Å². The van der Waals surface area contributed by atoms with E-state index in [9.17, 15) is 13.2 Å². The maximum atomic E-state index is 13.9. The third-order valence-corrected chi connectivity index (χ3v) is 2.82. The molecule has 1 aliphatic heterocycles. The van der Waals surface area contributed by atoms with Crippen LogP contribution >= 0.6 is 0 Å². The van der Waals surface area contributed by atoms with E-state index in [2.05, 4.69) is 4.98 Å². The summed E-state index contributed by atoms with van der Waals surface area (Å²) in [6.07, 6.45) is 0. The second-order valence-electron chi connectivity index (χ2n) is 4.06. The van der Waals surface area contributed by atoms with Crippen LogP contribution in [0.5, 0.6) is 11.5 Å². The highest BCUT2D eigenvalue weighted by Gasteiger charge is 2.39. The van der Waals surface area contributed by atoms with Crippen LogP contribution in [0.15, 0.2) is 24.3 Å². The van der Waals surface area contributed by atoms with E-state index >= 15 is 0 Å². The molecule has 0 saturated carbocycles. The Morgan fingerprint density at radius 2 is 1.58 bits per heavy atom. The van der Waals surface area contributed by atoms with E-state index < -0.39 is 35.9 Å². The molecule has 3 rings (SSSR count). The van der Waals surface area contributed by atoms with Crippen molar-refractivity contribution in [1.82, 2.24) is 4.98 Å². The van der Waals surface area contributed by atoms with Gasteiger partial charge in [-0.05, 0) is 19.1 Å². The maximum absolute atomic E-state index is 13.9. The van der Waals surface area contributed by atoms with Crippen LogP contribution in [0.25, 0.3) is 0 Å². The standard InChI is InChI=1S/C12H7BF3NO2/c1-6-9(14)11(17-12(16)10(6)15)13-18-7-4-2-3-5-8(7)19-13/h2-5H,1H3. The van der Waals surface area contributed by atoms with E-state index in [-0.39, 0.29) is 0 Å². The maximum Gasteiger partial charge on any atom is 0.655 e. The molecule has 0 aliphatic carbocycles. The number of aromatic nitrogens is 1. The Bertz CT molecular complexity index is 641. The van der Waals surface area contributed by atoms with Crippen molar-refractivity contribution in [3.05, 3.63) is 47.4 Å². The number of hydrogen-bond acceptors (Lipinski definition) is 3. The predicted octanol–water partition coefficient (Wildman–Crippen LogP) is 1.97. The molecule has 0 radical (unpaired) electrons. The van der Waals surface area contributed by atoms with E-state index in [1.54, 1.807) is 24.3 Å². The molecule has 0 saturated heterocycles. The molecule has 96 valence electrons. The Labute approximate surface area is 107 Å². The number of halogens is 3. The van der Waals surface area contributed by atoms with Gasteiger partial charge in [-0.15, -0.1) is 0 Å². The summed E-state index contributed by atoms with van der Waals surface area (Å²) < 4.78 is 50.9. The van der Waals surface area contributed by atoms with Crippen molar-refractivity contribution >= 4 is 12.7 Å². The van der Waals surface area contributed by atoms with Gasteiger partial charge in [0, 0.05) is 5.56 Å². The molecular weight excluding hydrogens is 258 g/mol. The number of benzene rings is 1. The normalized spacial score (nSPS) is 12.9. The average Bonchev–Trinajstić information content (AvgIpc) is 2.84. The lowest BCUT2D eigenvalue weighted by Crippen LogP contribution is -2.44. The smallest absolute Gasteiger partial charge is 0.518 e. The second kappa shape index (κ2) is 4.19. The van der Waals surface area contributed by atoms with Crippen LogP contribution < -0.4 is 14.9 Å². The third-order valence-electron chi connectivity index (χ3n) is 2.82. The molecule has 0 amide bonds. The first-order valence-electron chi connectivity index (χ1n) is 5.51. The minimum absolute atomic E-state index is 0.399. The van der Waals surface area contributed by atoms with Crippen molar-refractivity contribution in [3.63, 3.8) is 0 Å². The van der Waals surface area contributed by atoms with Gasteiger partial charge in [-0.25, -0.2) is 13.8 Å². The van der Waals surface area contributed by atoms with Gasteiger partial charge in [-0.2, -0.15) is 4.39 Å². The molecule has 0 N–H and O–H groups in total. The summed E-state index contributed by atoms with van der Waals surface area (Å²) in [6, 6.07) is 6.68. The molecule has 0 unspecified atom stereocenters. The summed E-state index contributed by atoms with van der Waals surface area (Å²) in [6.45, 7) is 1.13. The van der Waals surface area contributed by atoms with Gasteiger partial charge in [0.05, 0.1) is 0 Å². The number of pyridine rings is 1. The average molecular weight is 265 g/mol. The topological polar surface area (TPSA) is 31.4 Å². The number of fused-ring (bicyclic) bond motifs is 1. The molecular formula is C12H7BF3NO2. The Hall–Kier alpha value is -2.18. The SMILES string of the molecule is Cc1c(F)c(F)nc(B2Oc3ccccc3O2)c1F. The fourth-order valence-electron chi connectivity index (χ4n) is 1.81. The van der Waals surface area contributed by atoms with Gasteiger partial charge in [0.25, 0.3) is 0 Å². The van der Waals surface area contributed by atoms with E-state index in [0.717, 1.165) is 6.92 Å². The number of nitrogens with zero attached hydrogens (tertiary/aromatic N) is 1. The molecule has 1 aliphatic rings. The first-order chi connectivity index (χ1) is 9.08. The monoisotopic (exact) mass is 265 g/mol. The lowest BCUT2D eigenvalue weighted by molar-refractivity contribution is 0.453. The molecule has 0 atom stereocenters. The van der Waals surface area contributed by atoms with Crippen molar-refractivity contribution in [3.8, 4) is 11.5 Å². The lowest BCUT2D eigenvalue weighted by atomic mass is 9.83. The van der Waals surface area contributed by atoms with Crippen LogP contribution in [0, 0.1) is 24.5 Å². The van der Waals surface area contributed by atoms with Crippen molar-refractivity contribution in [2.45, 2.75) is 6.92 Å². The van der Waals surface area contributed by atoms with Crippen LogP contribution in [0.4, 0.5) is 13.2 Å².